The molecule has 0 radical (unpaired) electrons. The molecule has 1 N–H and O–H groups in total. The van der Waals surface area contributed by atoms with Crippen molar-refractivity contribution in [3.8, 4) is 5.69 Å². The summed E-state index contributed by atoms with van der Waals surface area (Å²) in [6.45, 7) is 0. The van der Waals surface area contributed by atoms with Crippen molar-refractivity contribution in [2.75, 3.05) is 0 Å². The Hall–Kier alpha value is -2.62. The molecule has 0 fully saturated rings. The third-order valence-corrected chi connectivity index (χ3v) is 2.85. The SMILES string of the molecule is O=c1ccn(-c2cccc3ccccc23)c(=O)[nH]1. The molecule has 0 atom stereocenters. The number of benzene rings is 2. The maximum absolute atomic E-state index is 11.8. The van der Waals surface area contributed by atoms with Crippen molar-refractivity contribution in [1.82, 2.24) is 9.55 Å². The highest BCUT2D eigenvalue weighted by Crippen LogP contribution is 2.20. The molecular weight excluding hydrogens is 228 g/mol. The molecule has 1 aromatic heterocycles. The van der Waals surface area contributed by atoms with Crippen LogP contribution in [-0.2, 0) is 0 Å². The van der Waals surface area contributed by atoms with E-state index in [4.69, 9.17) is 0 Å². The van der Waals surface area contributed by atoms with Crippen molar-refractivity contribution in [3.63, 3.8) is 0 Å². The van der Waals surface area contributed by atoms with Crippen molar-refractivity contribution in [2.45, 2.75) is 0 Å². The lowest BCUT2D eigenvalue weighted by atomic mass is 10.1. The van der Waals surface area contributed by atoms with Crippen molar-refractivity contribution >= 4 is 10.8 Å². The summed E-state index contributed by atoms with van der Waals surface area (Å²) in [5, 5.41) is 2.02. The molecule has 0 amide bonds. The zero-order chi connectivity index (χ0) is 12.5. The van der Waals surface area contributed by atoms with Crippen molar-refractivity contribution in [1.29, 1.82) is 0 Å². The maximum Gasteiger partial charge on any atom is 0.332 e. The standard InChI is InChI=1S/C14H10N2O2/c17-13-8-9-16(14(18)15-13)12-7-3-5-10-4-1-2-6-11(10)12/h1-9H,(H,15,17,18). The zero-order valence-corrected chi connectivity index (χ0v) is 9.46. The lowest BCUT2D eigenvalue weighted by molar-refractivity contribution is 0.902. The molecular formula is C14H10N2O2. The molecule has 3 rings (SSSR count). The first-order valence-corrected chi connectivity index (χ1v) is 5.56. The van der Waals surface area contributed by atoms with E-state index >= 15 is 0 Å². The fourth-order valence-electron chi connectivity index (χ4n) is 2.03. The van der Waals surface area contributed by atoms with E-state index in [-0.39, 0.29) is 0 Å². The van der Waals surface area contributed by atoms with Crippen LogP contribution in [0.3, 0.4) is 0 Å². The molecule has 0 aliphatic rings. The minimum atomic E-state index is -0.432. The van der Waals surface area contributed by atoms with Gasteiger partial charge < -0.3 is 0 Å². The summed E-state index contributed by atoms with van der Waals surface area (Å²) in [4.78, 5) is 25.1. The molecule has 18 heavy (non-hydrogen) atoms. The predicted octanol–water partition coefficient (Wildman–Crippen LogP) is 1.68. The Balaban J connectivity index is 2.38. The molecule has 2 aromatic carbocycles. The average Bonchev–Trinajstić information content (AvgIpc) is 2.38. The van der Waals surface area contributed by atoms with Crippen molar-refractivity contribution < 1.29 is 0 Å². The molecule has 0 saturated heterocycles. The summed E-state index contributed by atoms with van der Waals surface area (Å²) in [5.74, 6) is 0. The number of aromatic nitrogens is 2. The summed E-state index contributed by atoms with van der Waals surface area (Å²) in [7, 11) is 0. The Labute approximate surface area is 102 Å². The van der Waals surface area contributed by atoms with Gasteiger partial charge in [-0.05, 0) is 11.5 Å². The maximum atomic E-state index is 11.8. The van der Waals surface area contributed by atoms with Gasteiger partial charge in [0.2, 0.25) is 0 Å². The number of rotatable bonds is 1. The van der Waals surface area contributed by atoms with E-state index in [1.165, 1.54) is 16.8 Å². The topological polar surface area (TPSA) is 54.9 Å². The van der Waals surface area contributed by atoms with E-state index < -0.39 is 11.2 Å². The molecule has 0 saturated carbocycles. The van der Waals surface area contributed by atoms with Gasteiger partial charge in [0.1, 0.15) is 0 Å². The second-order valence-electron chi connectivity index (χ2n) is 3.98. The monoisotopic (exact) mass is 238 g/mol. The Kier molecular flexibility index (Phi) is 2.34. The third kappa shape index (κ3) is 1.64. The molecule has 4 nitrogen and oxygen atoms in total. The summed E-state index contributed by atoms with van der Waals surface area (Å²) in [6.07, 6.45) is 1.49. The normalized spacial score (nSPS) is 10.7. The van der Waals surface area contributed by atoms with Crippen LogP contribution >= 0.6 is 0 Å². The van der Waals surface area contributed by atoms with Crippen molar-refractivity contribution in [3.05, 3.63) is 75.6 Å². The van der Waals surface area contributed by atoms with E-state index in [0.717, 1.165) is 16.5 Å². The molecule has 1 heterocycles. The smallest absolute Gasteiger partial charge is 0.274 e. The third-order valence-electron chi connectivity index (χ3n) is 2.85. The van der Waals surface area contributed by atoms with Crippen LogP contribution in [-0.4, -0.2) is 9.55 Å². The molecule has 0 aliphatic heterocycles. The van der Waals surface area contributed by atoms with E-state index in [9.17, 15) is 9.59 Å². The summed E-state index contributed by atoms with van der Waals surface area (Å²) in [6, 6.07) is 14.8. The Morgan fingerprint density at radius 3 is 2.50 bits per heavy atom. The number of nitrogens with zero attached hydrogens (tertiary/aromatic N) is 1. The zero-order valence-electron chi connectivity index (χ0n) is 9.46. The molecule has 0 unspecified atom stereocenters. The Bertz CT molecular complexity index is 825. The van der Waals surface area contributed by atoms with Crippen LogP contribution < -0.4 is 11.2 Å². The van der Waals surface area contributed by atoms with Gasteiger partial charge in [-0.15, -0.1) is 0 Å². The molecule has 3 aromatic rings. The van der Waals surface area contributed by atoms with E-state index in [0.29, 0.717) is 0 Å². The summed E-state index contributed by atoms with van der Waals surface area (Å²) in [5.41, 5.74) is -0.0651. The number of aromatic amines is 1. The molecule has 0 spiro atoms. The Morgan fingerprint density at radius 2 is 1.67 bits per heavy atom. The number of hydrogen-bond acceptors (Lipinski definition) is 2. The van der Waals surface area contributed by atoms with Crippen LogP contribution in [0.4, 0.5) is 0 Å². The van der Waals surface area contributed by atoms with Gasteiger partial charge in [-0.1, -0.05) is 36.4 Å². The number of hydrogen-bond donors (Lipinski definition) is 1. The van der Waals surface area contributed by atoms with Crippen LogP contribution in [0.15, 0.2) is 64.3 Å². The molecule has 4 heteroatoms. The minimum absolute atomic E-state index is 0.392. The van der Waals surface area contributed by atoms with Gasteiger partial charge in [-0.3, -0.25) is 14.3 Å². The van der Waals surface area contributed by atoms with Crippen LogP contribution in [0, 0.1) is 0 Å². The number of nitrogens with one attached hydrogen (secondary N) is 1. The first-order chi connectivity index (χ1) is 8.75. The highest BCUT2D eigenvalue weighted by molar-refractivity contribution is 5.90. The largest absolute Gasteiger partial charge is 0.332 e. The number of H-pyrrole nitrogens is 1. The Morgan fingerprint density at radius 1 is 0.889 bits per heavy atom. The average molecular weight is 238 g/mol. The fourth-order valence-corrected chi connectivity index (χ4v) is 2.03. The highest BCUT2D eigenvalue weighted by atomic mass is 16.2. The van der Waals surface area contributed by atoms with Crippen LogP contribution in [0.25, 0.3) is 16.5 Å². The lowest BCUT2D eigenvalue weighted by Gasteiger charge is -2.08. The van der Waals surface area contributed by atoms with E-state index in [1.54, 1.807) is 0 Å². The minimum Gasteiger partial charge on any atom is -0.274 e. The van der Waals surface area contributed by atoms with Crippen molar-refractivity contribution in [2.24, 2.45) is 0 Å². The second kappa shape index (κ2) is 4.00. The van der Waals surface area contributed by atoms with Gasteiger partial charge in [-0.25, -0.2) is 4.79 Å². The van der Waals surface area contributed by atoms with E-state index in [1.807, 2.05) is 42.5 Å². The second-order valence-corrected chi connectivity index (χ2v) is 3.98. The van der Waals surface area contributed by atoms with Crippen LogP contribution in [0.2, 0.25) is 0 Å². The fraction of sp³-hybridized carbons (Fsp3) is 0. The van der Waals surface area contributed by atoms with E-state index in [2.05, 4.69) is 4.98 Å². The predicted molar refractivity (Wildman–Crippen MR) is 70.2 cm³/mol. The summed E-state index contributed by atoms with van der Waals surface area (Å²) >= 11 is 0. The number of fused-ring (bicyclic) bond motifs is 1. The van der Waals surface area contributed by atoms with Gasteiger partial charge in [-0.2, -0.15) is 0 Å². The first kappa shape index (κ1) is 10.5. The molecule has 88 valence electrons. The van der Waals surface area contributed by atoms with Gasteiger partial charge in [0.05, 0.1) is 5.69 Å². The summed E-state index contributed by atoms with van der Waals surface area (Å²) < 4.78 is 1.43. The molecule has 0 bridgehead atoms. The first-order valence-electron chi connectivity index (χ1n) is 5.56. The van der Waals surface area contributed by atoms with Gasteiger partial charge in [0.15, 0.2) is 0 Å². The van der Waals surface area contributed by atoms with Gasteiger partial charge in [0.25, 0.3) is 5.56 Å². The van der Waals surface area contributed by atoms with Crippen LogP contribution in [0.1, 0.15) is 0 Å². The van der Waals surface area contributed by atoms with Gasteiger partial charge in [0, 0.05) is 17.6 Å². The van der Waals surface area contributed by atoms with Crippen LogP contribution in [0.5, 0.6) is 0 Å². The van der Waals surface area contributed by atoms with Gasteiger partial charge >= 0.3 is 5.69 Å². The highest BCUT2D eigenvalue weighted by Gasteiger charge is 2.04. The quantitative estimate of drug-likeness (QED) is 0.701. The lowest BCUT2D eigenvalue weighted by Crippen LogP contribution is -2.27. The molecule has 0 aliphatic carbocycles.